The Bertz CT molecular complexity index is 1470. The second kappa shape index (κ2) is 12.4. The van der Waals surface area contributed by atoms with Gasteiger partial charge in [0, 0.05) is 23.9 Å². The molecule has 0 atom stereocenters. The molecular weight excluding hydrogens is 538 g/mol. The molecule has 0 aliphatic carbocycles. The lowest BCUT2D eigenvalue weighted by atomic mass is 10.1. The molecule has 0 bridgehead atoms. The molecule has 0 saturated carbocycles. The number of rotatable bonds is 11. The molecule has 11 heteroatoms. The zero-order chi connectivity index (χ0) is 28.8. The molecule has 0 unspecified atom stereocenters. The molecule has 0 aromatic heterocycles. The van der Waals surface area contributed by atoms with E-state index in [4.69, 9.17) is 30.5 Å². The van der Waals surface area contributed by atoms with Crippen LogP contribution in [0.5, 0.6) is 23.0 Å². The molecule has 40 heavy (non-hydrogen) atoms. The Morgan fingerprint density at radius 2 is 1.50 bits per heavy atom. The van der Waals surface area contributed by atoms with Crippen LogP contribution in [0.4, 0.5) is 11.4 Å². The van der Waals surface area contributed by atoms with Gasteiger partial charge in [0.2, 0.25) is 0 Å². The van der Waals surface area contributed by atoms with Crippen molar-refractivity contribution in [1.29, 1.82) is 0 Å². The van der Waals surface area contributed by atoms with Gasteiger partial charge in [-0.2, -0.15) is 0 Å². The fraction of sp³-hybridized carbons (Fsp3) is 0.207. The van der Waals surface area contributed by atoms with Gasteiger partial charge in [-0.05, 0) is 60.5 Å². The number of nitrogens with zero attached hydrogens (tertiary/aromatic N) is 1. The van der Waals surface area contributed by atoms with Gasteiger partial charge >= 0.3 is 0 Å². The third kappa shape index (κ3) is 5.81. The van der Waals surface area contributed by atoms with Crippen molar-refractivity contribution >= 4 is 40.7 Å². The highest BCUT2D eigenvalue weighted by Crippen LogP contribution is 2.37. The fourth-order valence-electron chi connectivity index (χ4n) is 4.11. The van der Waals surface area contributed by atoms with Gasteiger partial charge in [0.25, 0.3) is 17.7 Å². The first-order chi connectivity index (χ1) is 19.3. The minimum Gasteiger partial charge on any atom is -0.497 e. The highest BCUT2D eigenvalue weighted by molar-refractivity contribution is 6.53. The molecule has 208 valence electrons. The van der Waals surface area contributed by atoms with Gasteiger partial charge in [-0.1, -0.05) is 17.7 Å². The molecule has 3 aromatic rings. The Labute approximate surface area is 236 Å². The number of amides is 3. The number of carbonyl (C=O) groups is 3. The van der Waals surface area contributed by atoms with E-state index < -0.39 is 11.8 Å². The number of nitrogens with one attached hydrogen (secondary N) is 2. The van der Waals surface area contributed by atoms with Crippen LogP contribution < -0.4 is 34.5 Å². The number of halogens is 1. The summed E-state index contributed by atoms with van der Waals surface area (Å²) in [5.41, 5.74) is 2.03. The van der Waals surface area contributed by atoms with Crippen LogP contribution in [0, 0.1) is 0 Å². The van der Waals surface area contributed by atoms with Crippen molar-refractivity contribution in [3.63, 3.8) is 0 Å². The van der Waals surface area contributed by atoms with E-state index in [9.17, 15) is 14.4 Å². The van der Waals surface area contributed by atoms with E-state index in [-0.39, 0.29) is 28.1 Å². The van der Waals surface area contributed by atoms with Crippen LogP contribution >= 0.6 is 11.6 Å². The number of imide groups is 1. The Hall–Kier alpha value is -4.70. The molecule has 0 radical (unpaired) electrons. The summed E-state index contributed by atoms with van der Waals surface area (Å²) in [4.78, 5) is 39.6. The van der Waals surface area contributed by atoms with Gasteiger partial charge in [-0.25, -0.2) is 4.90 Å². The van der Waals surface area contributed by atoms with Crippen molar-refractivity contribution < 1.29 is 33.3 Å². The minimum atomic E-state index is -0.692. The van der Waals surface area contributed by atoms with Crippen molar-refractivity contribution in [2.45, 2.75) is 6.42 Å². The molecule has 0 fully saturated rings. The van der Waals surface area contributed by atoms with Crippen molar-refractivity contribution in [2.24, 2.45) is 0 Å². The van der Waals surface area contributed by atoms with Gasteiger partial charge < -0.3 is 29.6 Å². The average molecular weight is 566 g/mol. The number of anilines is 2. The molecule has 1 aliphatic rings. The largest absolute Gasteiger partial charge is 0.497 e. The number of ether oxygens (including phenoxy) is 4. The third-order valence-corrected chi connectivity index (χ3v) is 6.57. The van der Waals surface area contributed by atoms with Crippen LogP contribution in [0.25, 0.3) is 0 Å². The molecule has 1 heterocycles. The topological polar surface area (TPSA) is 115 Å². The zero-order valence-electron chi connectivity index (χ0n) is 22.4. The lowest BCUT2D eigenvalue weighted by Gasteiger charge is -2.18. The number of hydrogen-bond acceptors (Lipinski definition) is 8. The van der Waals surface area contributed by atoms with Gasteiger partial charge in [-0.15, -0.1) is 0 Å². The lowest BCUT2D eigenvalue weighted by molar-refractivity contribution is -0.120. The van der Waals surface area contributed by atoms with Gasteiger partial charge in [0.1, 0.15) is 22.2 Å². The Kier molecular flexibility index (Phi) is 8.80. The van der Waals surface area contributed by atoms with Crippen LogP contribution in [0.3, 0.4) is 0 Å². The number of methoxy groups -OCH3 is 4. The molecule has 3 amide bonds. The van der Waals surface area contributed by atoms with Crippen molar-refractivity contribution in [3.8, 4) is 23.0 Å². The summed E-state index contributed by atoms with van der Waals surface area (Å²) in [6, 6.07) is 16.8. The van der Waals surface area contributed by atoms with Crippen LogP contribution in [0.1, 0.15) is 15.9 Å². The van der Waals surface area contributed by atoms with E-state index in [1.807, 2.05) is 18.2 Å². The second-order valence-corrected chi connectivity index (χ2v) is 8.95. The summed E-state index contributed by atoms with van der Waals surface area (Å²) < 4.78 is 21.1. The van der Waals surface area contributed by atoms with Crippen molar-refractivity contribution in [1.82, 2.24) is 5.32 Å². The summed E-state index contributed by atoms with van der Waals surface area (Å²) >= 11 is 6.26. The predicted molar refractivity (Wildman–Crippen MR) is 151 cm³/mol. The standard InChI is InChI=1S/C29H28ClN3O7/c1-37-20-10-11-21(23(16-20)39-3)33-28(35)25(30)26(29(33)36)32-19-8-6-18(7-9-19)27(34)31-14-13-17-5-12-22(38-2)24(15-17)40-4/h5-12,15-16,32H,13-14H2,1-4H3,(H,31,34). The zero-order valence-corrected chi connectivity index (χ0v) is 23.1. The Morgan fingerprint density at radius 1 is 0.800 bits per heavy atom. The maximum Gasteiger partial charge on any atom is 0.283 e. The Balaban J connectivity index is 1.39. The van der Waals surface area contributed by atoms with Crippen molar-refractivity contribution in [3.05, 3.63) is 82.5 Å². The summed E-state index contributed by atoms with van der Waals surface area (Å²) in [6.07, 6.45) is 0.601. The summed E-state index contributed by atoms with van der Waals surface area (Å²) in [6.45, 7) is 0.415. The van der Waals surface area contributed by atoms with E-state index in [1.165, 1.54) is 14.2 Å². The minimum absolute atomic E-state index is 0.0864. The smallest absolute Gasteiger partial charge is 0.283 e. The first-order valence-corrected chi connectivity index (χ1v) is 12.6. The highest BCUT2D eigenvalue weighted by atomic mass is 35.5. The summed E-state index contributed by atoms with van der Waals surface area (Å²) in [5, 5.41) is 5.51. The van der Waals surface area contributed by atoms with E-state index in [2.05, 4.69) is 10.6 Å². The molecule has 1 aliphatic heterocycles. The van der Waals surface area contributed by atoms with Gasteiger partial charge in [-0.3, -0.25) is 14.4 Å². The number of carbonyl (C=O) groups excluding carboxylic acids is 3. The number of benzene rings is 3. The van der Waals surface area contributed by atoms with Crippen LogP contribution in [0.2, 0.25) is 0 Å². The van der Waals surface area contributed by atoms with Crippen molar-refractivity contribution in [2.75, 3.05) is 45.2 Å². The molecular formula is C29H28ClN3O7. The quantitative estimate of drug-likeness (QED) is 0.334. The van der Waals surface area contributed by atoms with Crippen LogP contribution in [0.15, 0.2) is 71.4 Å². The highest BCUT2D eigenvalue weighted by Gasteiger charge is 2.40. The van der Waals surface area contributed by atoms with E-state index in [0.29, 0.717) is 41.5 Å². The molecule has 0 spiro atoms. The van der Waals surface area contributed by atoms with Gasteiger partial charge in [0.15, 0.2) is 11.5 Å². The molecule has 4 rings (SSSR count). The monoisotopic (exact) mass is 565 g/mol. The molecule has 2 N–H and O–H groups in total. The second-order valence-electron chi connectivity index (χ2n) is 8.57. The van der Waals surface area contributed by atoms with E-state index in [0.717, 1.165) is 10.5 Å². The predicted octanol–water partition coefficient (Wildman–Crippen LogP) is 4.13. The molecule has 10 nitrogen and oxygen atoms in total. The molecule has 0 saturated heterocycles. The third-order valence-electron chi connectivity index (χ3n) is 6.22. The van der Waals surface area contributed by atoms with Crippen LogP contribution in [-0.2, 0) is 16.0 Å². The summed E-state index contributed by atoms with van der Waals surface area (Å²) in [5.74, 6) is 0.444. The van der Waals surface area contributed by atoms with Crippen LogP contribution in [-0.4, -0.2) is 52.7 Å². The Morgan fingerprint density at radius 3 is 2.15 bits per heavy atom. The maximum atomic E-state index is 13.2. The maximum absolute atomic E-state index is 13.2. The number of hydrogen-bond donors (Lipinski definition) is 2. The first-order valence-electron chi connectivity index (χ1n) is 12.2. The van der Waals surface area contributed by atoms with E-state index in [1.54, 1.807) is 56.7 Å². The fourth-order valence-corrected chi connectivity index (χ4v) is 4.32. The van der Waals surface area contributed by atoms with E-state index >= 15 is 0 Å². The average Bonchev–Trinajstić information content (AvgIpc) is 3.19. The molecule has 3 aromatic carbocycles. The lowest BCUT2D eigenvalue weighted by Crippen LogP contribution is -2.32. The first kappa shape index (κ1) is 28.3. The normalized spacial score (nSPS) is 12.9. The van der Waals surface area contributed by atoms with Gasteiger partial charge in [0.05, 0.1) is 34.1 Å². The SMILES string of the molecule is COc1ccc(N2C(=O)C(Cl)=C(Nc3ccc(C(=O)NCCc4ccc(OC)c(OC)c4)cc3)C2=O)c(OC)c1. The summed E-state index contributed by atoms with van der Waals surface area (Å²) in [7, 11) is 6.06.